The lowest BCUT2D eigenvalue weighted by Gasteiger charge is -2.34. The second-order valence-electron chi connectivity index (χ2n) is 7.02. The van der Waals surface area contributed by atoms with Gasteiger partial charge in [-0.1, -0.05) is 12.8 Å². The van der Waals surface area contributed by atoms with Gasteiger partial charge in [0.1, 0.15) is 6.33 Å². The maximum atomic E-state index is 12.5. The van der Waals surface area contributed by atoms with Crippen LogP contribution in [0.3, 0.4) is 0 Å². The third-order valence-corrected chi connectivity index (χ3v) is 5.26. The van der Waals surface area contributed by atoms with E-state index in [0.717, 1.165) is 55.8 Å². The molecule has 1 aliphatic heterocycles. The lowest BCUT2D eigenvalue weighted by molar-refractivity contribution is -0.136. The van der Waals surface area contributed by atoms with Crippen LogP contribution < -0.4 is 5.32 Å². The van der Waals surface area contributed by atoms with Crippen LogP contribution in [0, 0.1) is 12.8 Å². The van der Waals surface area contributed by atoms with Crippen molar-refractivity contribution < 1.29 is 4.79 Å². The fourth-order valence-electron chi connectivity index (χ4n) is 3.95. The smallest absolute Gasteiger partial charge is 0.225 e. The number of amides is 1. The predicted octanol–water partition coefficient (Wildman–Crippen LogP) is 2.03. The minimum Gasteiger partial charge on any atom is -0.379 e. The Morgan fingerprint density at radius 1 is 1.21 bits per heavy atom. The van der Waals surface area contributed by atoms with E-state index in [2.05, 4.69) is 25.5 Å². The van der Waals surface area contributed by atoms with Gasteiger partial charge < -0.3 is 10.2 Å². The fourth-order valence-corrected chi connectivity index (χ4v) is 3.95. The Balaban J connectivity index is 1.39. The van der Waals surface area contributed by atoms with E-state index in [0.29, 0.717) is 11.9 Å². The van der Waals surface area contributed by atoms with Crippen molar-refractivity contribution in [1.82, 2.24) is 24.7 Å². The molecule has 1 saturated carbocycles. The van der Waals surface area contributed by atoms with Crippen LogP contribution in [-0.2, 0) is 4.79 Å². The molecule has 0 spiro atoms. The van der Waals surface area contributed by atoms with Crippen molar-refractivity contribution in [3.63, 3.8) is 0 Å². The number of aryl methyl sites for hydroxylation is 1. The molecule has 7 heteroatoms. The first-order chi connectivity index (χ1) is 11.7. The first-order valence-corrected chi connectivity index (χ1v) is 8.94. The Bertz CT molecular complexity index is 728. The molecule has 2 aliphatic rings. The molecule has 4 rings (SSSR count). The van der Waals surface area contributed by atoms with Gasteiger partial charge in [0, 0.05) is 25.0 Å². The highest BCUT2D eigenvalue weighted by Crippen LogP contribution is 2.28. The molecule has 0 aromatic carbocycles. The molecular formula is C17H24N6O. The standard InChI is InChI=1S/C17H24N6O/c1-12-10-15(16-20-18-11-23(16)21-12)19-14-6-8-22(9-7-14)17(24)13-4-2-3-5-13/h10-11,13-14,19H,2-9H2,1H3. The normalized spacial score (nSPS) is 20.0. The van der Waals surface area contributed by atoms with Gasteiger partial charge in [-0.25, -0.2) is 0 Å². The van der Waals surface area contributed by atoms with Gasteiger partial charge in [0.05, 0.1) is 11.4 Å². The zero-order chi connectivity index (χ0) is 16.5. The highest BCUT2D eigenvalue weighted by molar-refractivity contribution is 5.79. The van der Waals surface area contributed by atoms with Gasteiger partial charge in [0.25, 0.3) is 0 Å². The summed E-state index contributed by atoms with van der Waals surface area (Å²) in [4.78, 5) is 14.6. The first kappa shape index (κ1) is 15.4. The van der Waals surface area contributed by atoms with Crippen molar-refractivity contribution in [2.24, 2.45) is 5.92 Å². The molecule has 1 amide bonds. The number of rotatable bonds is 3. The molecule has 1 aliphatic carbocycles. The van der Waals surface area contributed by atoms with E-state index >= 15 is 0 Å². The summed E-state index contributed by atoms with van der Waals surface area (Å²) in [5, 5.41) is 16.0. The summed E-state index contributed by atoms with van der Waals surface area (Å²) in [7, 11) is 0. The summed E-state index contributed by atoms with van der Waals surface area (Å²) in [5.41, 5.74) is 2.66. The van der Waals surface area contributed by atoms with Gasteiger partial charge in [-0.15, -0.1) is 10.2 Å². The molecule has 2 aromatic rings. The molecule has 2 fully saturated rings. The molecule has 0 unspecified atom stereocenters. The number of anilines is 1. The van der Waals surface area contributed by atoms with Crippen molar-refractivity contribution in [3.8, 4) is 0 Å². The van der Waals surface area contributed by atoms with Gasteiger partial charge in [-0.2, -0.15) is 9.61 Å². The average molecular weight is 328 g/mol. The minimum absolute atomic E-state index is 0.285. The number of hydrogen-bond acceptors (Lipinski definition) is 5. The van der Waals surface area contributed by atoms with Crippen molar-refractivity contribution in [2.75, 3.05) is 18.4 Å². The number of piperidine rings is 1. The second-order valence-corrected chi connectivity index (χ2v) is 7.02. The molecule has 3 heterocycles. The van der Waals surface area contributed by atoms with Gasteiger partial charge in [-0.3, -0.25) is 4.79 Å². The number of nitrogens with zero attached hydrogens (tertiary/aromatic N) is 5. The van der Waals surface area contributed by atoms with Crippen molar-refractivity contribution in [3.05, 3.63) is 18.1 Å². The van der Waals surface area contributed by atoms with Gasteiger partial charge in [0.2, 0.25) is 11.6 Å². The fraction of sp³-hybridized carbons (Fsp3) is 0.647. The number of carbonyl (C=O) groups excluding carboxylic acids is 1. The number of fused-ring (bicyclic) bond motifs is 1. The van der Waals surface area contributed by atoms with E-state index in [1.54, 1.807) is 10.8 Å². The lowest BCUT2D eigenvalue weighted by atomic mass is 10.0. The van der Waals surface area contributed by atoms with Crippen LogP contribution >= 0.6 is 0 Å². The minimum atomic E-state index is 0.285. The van der Waals surface area contributed by atoms with Crippen LogP contribution in [0.2, 0.25) is 0 Å². The van der Waals surface area contributed by atoms with Crippen LogP contribution in [-0.4, -0.2) is 49.7 Å². The molecule has 7 nitrogen and oxygen atoms in total. The third-order valence-electron chi connectivity index (χ3n) is 5.26. The van der Waals surface area contributed by atoms with Crippen molar-refractivity contribution >= 4 is 17.2 Å². The van der Waals surface area contributed by atoms with Crippen molar-refractivity contribution in [1.29, 1.82) is 0 Å². The highest BCUT2D eigenvalue weighted by Gasteiger charge is 2.30. The predicted molar refractivity (Wildman–Crippen MR) is 90.7 cm³/mol. The van der Waals surface area contributed by atoms with E-state index in [1.165, 1.54) is 12.8 Å². The molecule has 2 aromatic heterocycles. The van der Waals surface area contributed by atoms with Crippen LogP contribution in [0.25, 0.3) is 5.65 Å². The number of hydrogen-bond donors (Lipinski definition) is 1. The van der Waals surface area contributed by atoms with Crippen LogP contribution in [0.15, 0.2) is 12.4 Å². The summed E-state index contributed by atoms with van der Waals surface area (Å²) in [6, 6.07) is 2.38. The first-order valence-electron chi connectivity index (χ1n) is 8.94. The SMILES string of the molecule is Cc1cc(NC2CCN(C(=O)C3CCCC3)CC2)c2nncn2n1. The second kappa shape index (κ2) is 6.37. The summed E-state index contributed by atoms with van der Waals surface area (Å²) in [5.74, 6) is 0.665. The lowest BCUT2D eigenvalue weighted by Crippen LogP contribution is -2.44. The Morgan fingerprint density at radius 2 is 1.96 bits per heavy atom. The molecule has 128 valence electrons. The largest absolute Gasteiger partial charge is 0.379 e. The topological polar surface area (TPSA) is 75.4 Å². The quantitative estimate of drug-likeness (QED) is 0.933. The maximum absolute atomic E-state index is 12.5. The van der Waals surface area contributed by atoms with Gasteiger partial charge in [0.15, 0.2) is 0 Å². The van der Waals surface area contributed by atoms with E-state index in [-0.39, 0.29) is 5.92 Å². The third kappa shape index (κ3) is 2.95. The summed E-state index contributed by atoms with van der Waals surface area (Å²) in [6.45, 7) is 3.66. The average Bonchev–Trinajstić information content (AvgIpc) is 3.26. The van der Waals surface area contributed by atoms with Crippen LogP contribution in [0.5, 0.6) is 0 Å². The molecule has 0 atom stereocenters. The molecule has 1 saturated heterocycles. The van der Waals surface area contributed by atoms with Crippen molar-refractivity contribution in [2.45, 2.75) is 51.5 Å². The Kier molecular flexibility index (Phi) is 4.08. The summed E-state index contributed by atoms with van der Waals surface area (Å²) >= 11 is 0. The highest BCUT2D eigenvalue weighted by atomic mass is 16.2. The molecule has 1 N–H and O–H groups in total. The number of nitrogens with one attached hydrogen (secondary N) is 1. The zero-order valence-electron chi connectivity index (χ0n) is 14.1. The van der Waals surface area contributed by atoms with E-state index in [9.17, 15) is 4.79 Å². The summed E-state index contributed by atoms with van der Waals surface area (Å²) < 4.78 is 1.70. The van der Waals surface area contributed by atoms with Gasteiger partial charge in [-0.05, 0) is 38.7 Å². The monoisotopic (exact) mass is 328 g/mol. The van der Waals surface area contributed by atoms with E-state index in [4.69, 9.17) is 0 Å². The zero-order valence-corrected chi connectivity index (χ0v) is 14.1. The van der Waals surface area contributed by atoms with Gasteiger partial charge >= 0.3 is 0 Å². The Hall–Kier alpha value is -2.18. The van der Waals surface area contributed by atoms with Crippen LogP contribution in [0.1, 0.15) is 44.2 Å². The number of carbonyl (C=O) groups is 1. The Labute approximate surface area is 141 Å². The van der Waals surface area contributed by atoms with E-state index < -0.39 is 0 Å². The summed E-state index contributed by atoms with van der Waals surface area (Å²) in [6.07, 6.45) is 8.15. The molecule has 0 bridgehead atoms. The Morgan fingerprint density at radius 3 is 2.71 bits per heavy atom. The molecule has 0 radical (unpaired) electrons. The maximum Gasteiger partial charge on any atom is 0.225 e. The number of aromatic nitrogens is 4. The van der Waals surface area contributed by atoms with E-state index in [1.807, 2.05) is 13.0 Å². The van der Waals surface area contributed by atoms with Crippen LogP contribution in [0.4, 0.5) is 5.69 Å². The molecule has 24 heavy (non-hydrogen) atoms. The number of likely N-dealkylation sites (tertiary alicyclic amines) is 1. The molecular weight excluding hydrogens is 304 g/mol.